The molecule has 1 amide bonds. The maximum Gasteiger partial charge on any atom is 0.229 e. The maximum absolute atomic E-state index is 12.1. The van der Waals surface area contributed by atoms with Crippen LogP contribution in [0, 0.1) is 5.41 Å². The molecule has 6 heteroatoms. The highest BCUT2D eigenvalue weighted by atomic mass is 16.5. The molecule has 1 fully saturated rings. The van der Waals surface area contributed by atoms with Gasteiger partial charge < -0.3 is 15.8 Å². The van der Waals surface area contributed by atoms with Gasteiger partial charge in [0.25, 0.3) is 0 Å². The molecule has 0 bridgehead atoms. The van der Waals surface area contributed by atoms with Crippen molar-refractivity contribution in [1.82, 2.24) is 15.1 Å². The predicted molar refractivity (Wildman–Crippen MR) is 66.8 cm³/mol. The highest BCUT2D eigenvalue weighted by Gasteiger charge is 2.44. The Bertz CT molecular complexity index is 431. The summed E-state index contributed by atoms with van der Waals surface area (Å²) >= 11 is 0. The number of carbonyl (C=O) groups is 1. The van der Waals surface area contributed by atoms with Crippen molar-refractivity contribution in [3.05, 3.63) is 18.0 Å². The highest BCUT2D eigenvalue weighted by Crippen LogP contribution is 2.26. The van der Waals surface area contributed by atoms with E-state index in [1.54, 1.807) is 10.9 Å². The Labute approximate surface area is 106 Å². The van der Waals surface area contributed by atoms with Gasteiger partial charge in [-0.15, -0.1) is 0 Å². The fraction of sp³-hybridized carbons (Fsp3) is 0.667. The number of nitrogens with zero attached hydrogens (tertiary/aromatic N) is 2. The van der Waals surface area contributed by atoms with Crippen LogP contribution in [0.4, 0.5) is 0 Å². The van der Waals surface area contributed by atoms with Gasteiger partial charge in [-0.2, -0.15) is 5.10 Å². The van der Waals surface area contributed by atoms with Gasteiger partial charge in [-0.25, -0.2) is 0 Å². The van der Waals surface area contributed by atoms with Crippen molar-refractivity contribution in [2.45, 2.75) is 19.4 Å². The minimum absolute atomic E-state index is 0.0311. The highest BCUT2D eigenvalue weighted by molar-refractivity contribution is 5.83. The van der Waals surface area contributed by atoms with E-state index in [0.717, 1.165) is 12.0 Å². The van der Waals surface area contributed by atoms with Gasteiger partial charge in [-0.1, -0.05) is 0 Å². The third-order valence-corrected chi connectivity index (χ3v) is 3.49. The van der Waals surface area contributed by atoms with Gasteiger partial charge in [-0.05, 0) is 18.9 Å². The molecule has 1 aromatic rings. The molecule has 2 rings (SSSR count). The second-order valence-corrected chi connectivity index (χ2v) is 5.07. The van der Waals surface area contributed by atoms with Crippen LogP contribution < -0.4 is 11.1 Å². The van der Waals surface area contributed by atoms with Crippen molar-refractivity contribution < 1.29 is 9.53 Å². The second-order valence-electron chi connectivity index (χ2n) is 5.07. The van der Waals surface area contributed by atoms with Gasteiger partial charge in [0.1, 0.15) is 0 Å². The first-order chi connectivity index (χ1) is 8.52. The maximum atomic E-state index is 12.1. The van der Waals surface area contributed by atoms with Crippen molar-refractivity contribution >= 4 is 5.91 Å². The first kappa shape index (κ1) is 13.0. The Morgan fingerprint density at radius 2 is 2.56 bits per heavy atom. The number of carbonyl (C=O) groups excluding carboxylic acids is 1. The summed E-state index contributed by atoms with van der Waals surface area (Å²) in [6.07, 6.45) is 4.52. The van der Waals surface area contributed by atoms with Gasteiger partial charge in [-0.3, -0.25) is 9.48 Å². The molecule has 0 aliphatic carbocycles. The van der Waals surface area contributed by atoms with E-state index in [4.69, 9.17) is 10.5 Å². The summed E-state index contributed by atoms with van der Waals surface area (Å²) in [5.74, 6) is -0.0311. The quantitative estimate of drug-likeness (QED) is 0.753. The summed E-state index contributed by atoms with van der Waals surface area (Å²) in [6, 6.07) is -0.226. The summed E-state index contributed by atoms with van der Waals surface area (Å²) in [5.41, 5.74) is 6.41. The van der Waals surface area contributed by atoms with Crippen LogP contribution in [-0.4, -0.2) is 41.5 Å². The van der Waals surface area contributed by atoms with Crippen LogP contribution in [0.2, 0.25) is 0 Å². The monoisotopic (exact) mass is 252 g/mol. The van der Waals surface area contributed by atoms with Gasteiger partial charge in [0, 0.05) is 25.8 Å². The minimum Gasteiger partial charge on any atom is -0.379 e. The van der Waals surface area contributed by atoms with E-state index in [0.29, 0.717) is 19.8 Å². The molecule has 0 spiro atoms. The number of amides is 1. The minimum atomic E-state index is -0.602. The Balaban J connectivity index is 1.81. The van der Waals surface area contributed by atoms with Crippen LogP contribution in [0.15, 0.2) is 12.4 Å². The Morgan fingerprint density at radius 1 is 1.78 bits per heavy atom. The molecule has 0 aromatic carbocycles. The number of nitrogens with one attached hydrogen (secondary N) is 1. The van der Waals surface area contributed by atoms with Gasteiger partial charge in [0.05, 0.1) is 24.8 Å². The first-order valence-electron chi connectivity index (χ1n) is 6.11. The Morgan fingerprint density at radius 3 is 3.11 bits per heavy atom. The zero-order valence-electron chi connectivity index (χ0n) is 10.8. The lowest BCUT2D eigenvalue weighted by Crippen LogP contribution is -2.50. The topological polar surface area (TPSA) is 82.2 Å². The number of hydrogen-bond donors (Lipinski definition) is 2. The molecule has 2 atom stereocenters. The van der Waals surface area contributed by atoms with E-state index >= 15 is 0 Å². The molecule has 0 radical (unpaired) electrons. The van der Waals surface area contributed by atoms with Crippen LogP contribution in [0.1, 0.15) is 12.5 Å². The van der Waals surface area contributed by atoms with Gasteiger partial charge >= 0.3 is 0 Å². The fourth-order valence-electron chi connectivity index (χ4n) is 2.05. The number of ether oxygens (including phenoxy) is 1. The zero-order valence-corrected chi connectivity index (χ0v) is 10.8. The summed E-state index contributed by atoms with van der Waals surface area (Å²) in [6.45, 7) is 3.29. The summed E-state index contributed by atoms with van der Waals surface area (Å²) in [7, 11) is 1.87. The van der Waals surface area contributed by atoms with Crippen molar-refractivity contribution in [2.24, 2.45) is 18.2 Å². The van der Waals surface area contributed by atoms with Crippen molar-refractivity contribution in [3.63, 3.8) is 0 Å². The second kappa shape index (κ2) is 5.07. The van der Waals surface area contributed by atoms with E-state index in [-0.39, 0.29) is 11.9 Å². The number of hydrogen-bond acceptors (Lipinski definition) is 4. The van der Waals surface area contributed by atoms with E-state index < -0.39 is 5.41 Å². The predicted octanol–water partition coefficient (Wildman–Crippen LogP) is -0.557. The van der Waals surface area contributed by atoms with E-state index in [2.05, 4.69) is 10.4 Å². The van der Waals surface area contributed by atoms with Crippen LogP contribution in [0.25, 0.3) is 0 Å². The largest absolute Gasteiger partial charge is 0.379 e. The van der Waals surface area contributed by atoms with Crippen molar-refractivity contribution in [1.29, 1.82) is 0 Å². The molecule has 100 valence electrons. The van der Waals surface area contributed by atoms with Crippen LogP contribution in [0.3, 0.4) is 0 Å². The number of aromatic nitrogens is 2. The van der Waals surface area contributed by atoms with Crippen LogP contribution in [0.5, 0.6) is 0 Å². The van der Waals surface area contributed by atoms with E-state index in [9.17, 15) is 4.79 Å². The molecule has 1 aliphatic rings. The number of rotatable bonds is 4. The smallest absolute Gasteiger partial charge is 0.229 e. The number of aryl methyl sites for hydroxylation is 1. The van der Waals surface area contributed by atoms with Crippen molar-refractivity contribution in [3.8, 4) is 0 Å². The molecule has 2 unspecified atom stereocenters. The average Bonchev–Trinajstić information content (AvgIpc) is 2.88. The molecular weight excluding hydrogens is 232 g/mol. The van der Waals surface area contributed by atoms with Crippen LogP contribution in [-0.2, 0) is 23.0 Å². The summed E-state index contributed by atoms with van der Waals surface area (Å²) in [4.78, 5) is 12.1. The normalized spacial score (nSPS) is 27.4. The fourth-order valence-corrected chi connectivity index (χ4v) is 2.05. The van der Waals surface area contributed by atoms with Gasteiger partial charge in [0.2, 0.25) is 5.91 Å². The molecule has 0 saturated carbocycles. The third kappa shape index (κ3) is 2.54. The third-order valence-electron chi connectivity index (χ3n) is 3.49. The molecule has 1 aromatic heterocycles. The van der Waals surface area contributed by atoms with Gasteiger partial charge in [0.15, 0.2) is 0 Å². The standard InChI is InChI=1S/C12H20N4O2/c1-12(8-18-7-10(12)13)11(17)14-4-3-9-5-15-16(2)6-9/h5-6,10H,3-4,7-8,13H2,1-2H3,(H,14,17). The van der Waals surface area contributed by atoms with E-state index in [1.807, 2.05) is 20.2 Å². The molecule has 2 heterocycles. The van der Waals surface area contributed by atoms with Crippen molar-refractivity contribution in [2.75, 3.05) is 19.8 Å². The SMILES string of the molecule is Cn1cc(CCNC(=O)C2(C)COCC2N)cn1. The lowest BCUT2D eigenvalue weighted by atomic mass is 9.85. The molecular formula is C12H20N4O2. The van der Waals surface area contributed by atoms with Crippen LogP contribution >= 0.6 is 0 Å². The Hall–Kier alpha value is -1.40. The molecule has 18 heavy (non-hydrogen) atoms. The molecule has 1 aliphatic heterocycles. The zero-order chi connectivity index (χ0) is 13.2. The van der Waals surface area contributed by atoms with E-state index in [1.165, 1.54) is 0 Å². The first-order valence-corrected chi connectivity index (χ1v) is 6.11. The summed E-state index contributed by atoms with van der Waals surface area (Å²) < 4.78 is 7.01. The summed E-state index contributed by atoms with van der Waals surface area (Å²) in [5, 5.41) is 7.00. The lowest BCUT2D eigenvalue weighted by Gasteiger charge is -2.25. The molecule has 1 saturated heterocycles. The average molecular weight is 252 g/mol. The Kier molecular flexibility index (Phi) is 3.68. The molecule has 3 N–H and O–H groups in total. The number of nitrogens with two attached hydrogens (primary N) is 1. The molecule has 6 nitrogen and oxygen atoms in total. The lowest BCUT2D eigenvalue weighted by molar-refractivity contribution is -0.130.